The molecule has 0 aliphatic carbocycles. The summed E-state index contributed by atoms with van der Waals surface area (Å²) in [5.41, 5.74) is 7.61. The molecule has 3 aromatic carbocycles. The van der Waals surface area contributed by atoms with E-state index in [0.29, 0.717) is 0 Å². The van der Waals surface area contributed by atoms with Crippen LogP contribution < -0.4 is 0 Å². The van der Waals surface area contributed by atoms with Gasteiger partial charge in [-0.3, -0.25) is 4.98 Å². The Bertz CT molecular complexity index is 1380. The van der Waals surface area contributed by atoms with Gasteiger partial charge in [-0.15, -0.1) is 0 Å². The molecule has 28 heavy (non-hydrogen) atoms. The molecule has 0 radical (unpaired) electrons. The topological polar surface area (TPSA) is 58.9 Å². The van der Waals surface area contributed by atoms with Gasteiger partial charge in [0.05, 0.1) is 16.6 Å². The fraction of sp³-hybridized carbons (Fsp3) is 0.0870. The molecule has 0 amide bonds. The van der Waals surface area contributed by atoms with Crippen LogP contribution in [0.4, 0.5) is 0 Å². The lowest BCUT2D eigenvalue weighted by atomic mass is 10.1. The largest absolute Gasteiger partial charge is 0.254 e. The predicted octanol–water partition coefficient (Wildman–Crippen LogP) is 5.17. The summed E-state index contributed by atoms with van der Waals surface area (Å²) in [5.74, 6) is 0. The number of fused-ring (bicyclic) bond motifs is 4. The molecule has 0 fully saturated rings. The number of para-hydroxylation sites is 1. The van der Waals surface area contributed by atoms with Crippen LogP contribution in [0.2, 0.25) is 0 Å². The van der Waals surface area contributed by atoms with Crippen LogP contribution in [0.15, 0.2) is 72.9 Å². The van der Waals surface area contributed by atoms with Gasteiger partial charge in [0.2, 0.25) is 0 Å². The normalized spacial score (nSPS) is 11.2. The molecule has 5 nitrogen and oxygen atoms in total. The quantitative estimate of drug-likeness (QED) is 0.446. The van der Waals surface area contributed by atoms with Gasteiger partial charge in [0.25, 0.3) is 0 Å². The van der Waals surface area contributed by atoms with E-state index < -0.39 is 0 Å². The minimum Gasteiger partial charge on any atom is -0.254 e. The molecule has 136 valence electrons. The molecular formula is C23H19N5. The van der Waals surface area contributed by atoms with E-state index in [1.54, 1.807) is 0 Å². The highest BCUT2D eigenvalue weighted by Gasteiger charge is 2.10. The number of benzene rings is 3. The van der Waals surface area contributed by atoms with Crippen LogP contribution in [-0.2, 0) is 0 Å². The molecule has 2 aromatic heterocycles. The molecule has 0 saturated heterocycles. The average molecular weight is 365 g/mol. The highest BCUT2D eigenvalue weighted by molar-refractivity contribution is 5.85. The van der Waals surface area contributed by atoms with Gasteiger partial charge >= 0.3 is 0 Å². The van der Waals surface area contributed by atoms with Crippen molar-refractivity contribution in [3.8, 4) is 11.3 Å². The predicted molar refractivity (Wildman–Crippen MR) is 113 cm³/mol. The van der Waals surface area contributed by atoms with Crippen molar-refractivity contribution >= 4 is 27.6 Å². The Balaban J connectivity index is 2.03. The van der Waals surface area contributed by atoms with E-state index in [4.69, 9.17) is 9.97 Å². The molecule has 1 N–H and O–H groups in total. The second-order valence-electron chi connectivity index (χ2n) is 6.94. The summed E-state index contributed by atoms with van der Waals surface area (Å²) in [4.78, 5) is 9.76. The third-order valence-electron chi connectivity index (χ3n) is 5.07. The summed E-state index contributed by atoms with van der Waals surface area (Å²) < 4.78 is 1.92. The molecule has 0 atom stereocenters. The van der Waals surface area contributed by atoms with Crippen molar-refractivity contribution in [2.45, 2.75) is 13.8 Å². The Kier molecular flexibility index (Phi) is 3.79. The zero-order valence-electron chi connectivity index (χ0n) is 15.7. The number of H-pyrrole nitrogens is 1. The summed E-state index contributed by atoms with van der Waals surface area (Å²) in [6.45, 7) is 4.19. The summed E-state index contributed by atoms with van der Waals surface area (Å²) >= 11 is 0. The van der Waals surface area contributed by atoms with Crippen LogP contribution in [0.5, 0.6) is 0 Å². The Morgan fingerprint density at radius 3 is 2.36 bits per heavy atom. The standard InChI is InChI=1S/C23H19N5/c1-15-12-19-20(13-16(15)2)25-23-22(17-8-4-3-5-9-17)26-27-28(23)21-11-7-6-10-18(21)14-24-19/h3-14,27H,1-2H3. The fourth-order valence-electron chi connectivity index (χ4n) is 3.40. The minimum atomic E-state index is 0.758. The smallest absolute Gasteiger partial charge is 0.182 e. The number of nitrogens with zero attached hydrogens (tertiary/aromatic N) is 4. The van der Waals surface area contributed by atoms with Gasteiger partial charge in [-0.2, -0.15) is 5.10 Å². The zero-order chi connectivity index (χ0) is 19.1. The van der Waals surface area contributed by atoms with Crippen molar-refractivity contribution in [2.75, 3.05) is 0 Å². The van der Waals surface area contributed by atoms with Gasteiger partial charge in [0.15, 0.2) is 5.65 Å². The van der Waals surface area contributed by atoms with Crippen molar-refractivity contribution < 1.29 is 0 Å². The maximum absolute atomic E-state index is 5.02. The molecule has 0 aliphatic heterocycles. The maximum atomic E-state index is 5.02. The maximum Gasteiger partial charge on any atom is 0.182 e. The first-order valence-corrected chi connectivity index (χ1v) is 9.23. The van der Waals surface area contributed by atoms with E-state index in [-0.39, 0.29) is 0 Å². The van der Waals surface area contributed by atoms with Crippen molar-refractivity contribution in [3.63, 3.8) is 0 Å². The highest BCUT2D eigenvalue weighted by atomic mass is 15.4. The van der Waals surface area contributed by atoms with Gasteiger partial charge in [-0.25, -0.2) is 14.7 Å². The average Bonchev–Trinajstić information content (AvgIpc) is 3.15. The van der Waals surface area contributed by atoms with Crippen LogP contribution in [0, 0.1) is 13.8 Å². The number of rotatable bonds is 1. The van der Waals surface area contributed by atoms with E-state index >= 15 is 0 Å². The molecule has 2 heterocycles. The van der Waals surface area contributed by atoms with Crippen LogP contribution >= 0.6 is 0 Å². The number of hydrogen-bond donors (Lipinski definition) is 1. The first kappa shape index (κ1) is 16.4. The van der Waals surface area contributed by atoms with E-state index in [1.807, 2.05) is 65.3 Å². The van der Waals surface area contributed by atoms with Crippen molar-refractivity contribution in [2.24, 2.45) is 0 Å². The Labute approximate surface area is 162 Å². The number of nitrogens with one attached hydrogen (secondary N) is 1. The third-order valence-corrected chi connectivity index (χ3v) is 5.07. The van der Waals surface area contributed by atoms with Gasteiger partial charge in [-0.1, -0.05) is 48.5 Å². The Morgan fingerprint density at radius 2 is 1.54 bits per heavy atom. The van der Waals surface area contributed by atoms with Gasteiger partial charge in [0.1, 0.15) is 5.69 Å². The molecular weight excluding hydrogens is 346 g/mol. The molecule has 0 spiro atoms. The Morgan fingerprint density at radius 1 is 0.821 bits per heavy atom. The molecule has 0 unspecified atom stereocenters. The summed E-state index contributed by atoms with van der Waals surface area (Å²) in [6, 6.07) is 22.4. The lowest BCUT2D eigenvalue weighted by Gasteiger charge is -2.00. The van der Waals surface area contributed by atoms with E-state index in [0.717, 1.165) is 38.8 Å². The molecule has 0 saturated carbocycles. The lowest BCUT2D eigenvalue weighted by molar-refractivity contribution is 0.880. The highest BCUT2D eigenvalue weighted by Crippen LogP contribution is 2.23. The van der Waals surface area contributed by atoms with Gasteiger partial charge in [0, 0.05) is 17.1 Å². The van der Waals surface area contributed by atoms with Crippen molar-refractivity contribution in [3.05, 3.63) is 84.1 Å². The first-order chi connectivity index (χ1) is 13.7. The molecule has 5 rings (SSSR count). The molecule has 5 aromatic rings. The van der Waals surface area contributed by atoms with Crippen LogP contribution in [0.25, 0.3) is 38.8 Å². The zero-order valence-corrected chi connectivity index (χ0v) is 15.7. The number of aromatic nitrogens is 5. The van der Waals surface area contributed by atoms with Crippen molar-refractivity contribution in [1.82, 2.24) is 24.8 Å². The number of hydrogen-bond acceptors (Lipinski definition) is 3. The second kappa shape index (κ2) is 6.46. The minimum absolute atomic E-state index is 0.758. The molecule has 0 bridgehead atoms. The number of aromatic amines is 1. The summed E-state index contributed by atoms with van der Waals surface area (Å²) in [7, 11) is 0. The second-order valence-corrected chi connectivity index (χ2v) is 6.94. The first-order valence-electron chi connectivity index (χ1n) is 9.23. The SMILES string of the molecule is Cc1cc2ncc3ccccc3n3[nH]nc(-c4ccccc4)c3nc2cc1C. The van der Waals surface area contributed by atoms with E-state index in [9.17, 15) is 0 Å². The summed E-state index contributed by atoms with van der Waals surface area (Å²) in [5, 5.41) is 8.74. The van der Waals surface area contributed by atoms with Crippen molar-refractivity contribution in [1.29, 1.82) is 0 Å². The molecule has 5 heteroatoms. The number of aryl methyl sites for hydroxylation is 2. The van der Waals surface area contributed by atoms with E-state index in [1.165, 1.54) is 11.1 Å². The Hall–Kier alpha value is -3.73. The van der Waals surface area contributed by atoms with Gasteiger partial charge in [-0.05, 0) is 43.2 Å². The van der Waals surface area contributed by atoms with E-state index in [2.05, 4.69) is 36.3 Å². The van der Waals surface area contributed by atoms with Crippen LogP contribution in [-0.4, -0.2) is 24.8 Å². The van der Waals surface area contributed by atoms with Gasteiger partial charge < -0.3 is 0 Å². The molecule has 0 aliphatic rings. The monoisotopic (exact) mass is 365 g/mol. The summed E-state index contributed by atoms with van der Waals surface area (Å²) in [6.07, 6.45) is 1.89. The third kappa shape index (κ3) is 2.68. The lowest BCUT2D eigenvalue weighted by Crippen LogP contribution is -1.90. The fourth-order valence-corrected chi connectivity index (χ4v) is 3.40. The van der Waals surface area contributed by atoms with Crippen LogP contribution in [0.3, 0.4) is 0 Å². The van der Waals surface area contributed by atoms with Crippen LogP contribution in [0.1, 0.15) is 11.1 Å².